The van der Waals surface area contributed by atoms with E-state index < -0.39 is 10.0 Å². The highest BCUT2D eigenvalue weighted by atomic mass is 32.2. The first-order valence-corrected chi connectivity index (χ1v) is 9.17. The lowest BCUT2D eigenvalue weighted by Crippen LogP contribution is -2.31. The van der Waals surface area contributed by atoms with Crippen molar-refractivity contribution in [2.45, 2.75) is 32.6 Å². The van der Waals surface area contributed by atoms with Crippen molar-refractivity contribution in [1.29, 1.82) is 0 Å². The van der Waals surface area contributed by atoms with Crippen LogP contribution in [0.15, 0.2) is 47.4 Å². The third kappa shape index (κ3) is 3.67. The van der Waals surface area contributed by atoms with Crippen molar-refractivity contribution in [2.75, 3.05) is 17.5 Å². The summed E-state index contributed by atoms with van der Waals surface area (Å²) in [7, 11) is -3.60. The molecular weight excluding hydrogens is 310 g/mol. The standard InChI is InChI=1S/C18H23NO3S/c1-5-19(18-13-14(3)7-8-15(18)4)23(20,21)17-11-9-16(10-12-17)22-6-2/h7-13H,5-6H2,1-4H3. The Morgan fingerprint density at radius 2 is 1.65 bits per heavy atom. The molecule has 0 fully saturated rings. The SMILES string of the molecule is CCOc1ccc(S(=O)(=O)N(CC)c2cc(C)ccc2C)cc1. The van der Waals surface area contributed by atoms with Crippen LogP contribution in [0.1, 0.15) is 25.0 Å². The van der Waals surface area contributed by atoms with E-state index in [1.54, 1.807) is 24.3 Å². The molecule has 0 aromatic heterocycles. The van der Waals surface area contributed by atoms with Gasteiger partial charge in [-0.2, -0.15) is 0 Å². The number of hydrogen-bond acceptors (Lipinski definition) is 3. The van der Waals surface area contributed by atoms with Crippen molar-refractivity contribution >= 4 is 15.7 Å². The molecule has 2 aromatic rings. The van der Waals surface area contributed by atoms with Gasteiger partial charge in [0.15, 0.2) is 0 Å². The molecule has 124 valence electrons. The maximum absolute atomic E-state index is 13.0. The minimum Gasteiger partial charge on any atom is -0.494 e. The van der Waals surface area contributed by atoms with E-state index in [2.05, 4.69) is 0 Å². The molecule has 0 spiro atoms. The number of sulfonamides is 1. The summed E-state index contributed by atoms with van der Waals surface area (Å²) < 4.78 is 32.8. The molecule has 0 saturated carbocycles. The number of benzene rings is 2. The normalized spacial score (nSPS) is 11.3. The topological polar surface area (TPSA) is 46.6 Å². The molecule has 0 aliphatic rings. The highest BCUT2D eigenvalue weighted by Gasteiger charge is 2.24. The Morgan fingerprint density at radius 3 is 2.22 bits per heavy atom. The summed E-state index contributed by atoms with van der Waals surface area (Å²) in [5.74, 6) is 0.668. The van der Waals surface area contributed by atoms with Gasteiger partial charge in [-0.3, -0.25) is 4.31 Å². The number of ether oxygens (including phenoxy) is 1. The van der Waals surface area contributed by atoms with Crippen molar-refractivity contribution in [3.8, 4) is 5.75 Å². The van der Waals surface area contributed by atoms with Gasteiger partial charge in [-0.1, -0.05) is 12.1 Å². The van der Waals surface area contributed by atoms with Gasteiger partial charge in [0.1, 0.15) is 5.75 Å². The first-order valence-electron chi connectivity index (χ1n) is 7.73. The minimum absolute atomic E-state index is 0.267. The number of aryl methyl sites for hydroxylation is 2. The molecule has 5 heteroatoms. The lowest BCUT2D eigenvalue weighted by Gasteiger charge is -2.25. The van der Waals surface area contributed by atoms with E-state index in [4.69, 9.17) is 4.74 Å². The van der Waals surface area contributed by atoms with Gasteiger partial charge in [0.25, 0.3) is 10.0 Å². The second-order valence-electron chi connectivity index (χ2n) is 5.36. The maximum atomic E-state index is 13.0. The van der Waals surface area contributed by atoms with Crippen LogP contribution in [0, 0.1) is 13.8 Å². The summed E-state index contributed by atoms with van der Waals surface area (Å²) in [5, 5.41) is 0. The summed E-state index contributed by atoms with van der Waals surface area (Å²) >= 11 is 0. The van der Waals surface area contributed by atoms with Crippen LogP contribution in [0.4, 0.5) is 5.69 Å². The second-order valence-corrected chi connectivity index (χ2v) is 7.23. The van der Waals surface area contributed by atoms with Crippen molar-refractivity contribution in [2.24, 2.45) is 0 Å². The molecule has 0 N–H and O–H groups in total. The van der Waals surface area contributed by atoms with Crippen LogP contribution >= 0.6 is 0 Å². The Kier molecular flexibility index (Phi) is 5.31. The zero-order valence-corrected chi connectivity index (χ0v) is 14.9. The fourth-order valence-electron chi connectivity index (χ4n) is 2.46. The molecule has 0 aliphatic heterocycles. The van der Waals surface area contributed by atoms with Gasteiger partial charge in [-0.05, 0) is 69.2 Å². The van der Waals surface area contributed by atoms with E-state index in [9.17, 15) is 8.42 Å². The van der Waals surface area contributed by atoms with Crippen LogP contribution in [0.25, 0.3) is 0 Å². The van der Waals surface area contributed by atoms with Crippen molar-refractivity contribution in [1.82, 2.24) is 0 Å². The van der Waals surface area contributed by atoms with Crippen molar-refractivity contribution in [3.63, 3.8) is 0 Å². The summed E-state index contributed by atoms with van der Waals surface area (Å²) in [4.78, 5) is 0.267. The smallest absolute Gasteiger partial charge is 0.264 e. The molecule has 0 bridgehead atoms. The third-order valence-electron chi connectivity index (χ3n) is 3.64. The fraction of sp³-hybridized carbons (Fsp3) is 0.333. The fourth-order valence-corrected chi connectivity index (χ4v) is 3.99. The van der Waals surface area contributed by atoms with E-state index >= 15 is 0 Å². The molecule has 0 aliphatic carbocycles. The number of anilines is 1. The third-order valence-corrected chi connectivity index (χ3v) is 5.55. The molecule has 0 radical (unpaired) electrons. The van der Waals surface area contributed by atoms with Crippen molar-refractivity contribution < 1.29 is 13.2 Å². The molecule has 4 nitrogen and oxygen atoms in total. The first kappa shape index (κ1) is 17.3. The van der Waals surface area contributed by atoms with Gasteiger partial charge >= 0.3 is 0 Å². The first-order chi connectivity index (χ1) is 10.9. The Balaban J connectivity index is 2.44. The Hall–Kier alpha value is -2.01. The highest BCUT2D eigenvalue weighted by molar-refractivity contribution is 7.92. The predicted octanol–water partition coefficient (Wildman–Crippen LogP) is 3.92. The highest BCUT2D eigenvalue weighted by Crippen LogP contribution is 2.28. The summed E-state index contributed by atoms with van der Waals surface area (Å²) in [6.45, 7) is 8.54. The maximum Gasteiger partial charge on any atom is 0.264 e. The predicted molar refractivity (Wildman–Crippen MR) is 93.7 cm³/mol. The van der Waals surface area contributed by atoms with Gasteiger partial charge in [-0.15, -0.1) is 0 Å². The van der Waals surface area contributed by atoms with E-state index in [-0.39, 0.29) is 4.90 Å². The lowest BCUT2D eigenvalue weighted by atomic mass is 10.1. The van der Waals surface area contributed by atoms with Gasteiger partial charge in [0, 0.05) is 6.54 Å². The van der Waals surface area contributed by atoms with Crippen LogP contribution in [0.5, 0.6) is 5.75 Å². The molecular formula is C18H23NO3S. The van der Waals surface area contributed by atoms with Gasteiger partial charge in [-0.25, -0.2) is 8.42 Å². The van der Waals surface area contributed by atoms with E-state index in [1.807, 2.05) is 45.9 Å². The molecule has 0 amide bonds. The molecule has 0 unspecified atom stereocenters. The zero-order chi connectivity index (χ0) is 17.0. The largest absolute Gasteiger partial charge is 0.494 e. The van der Waals surface area contributed by atoms with Gasteiger partial charge in [0.2, 0.25) is 0 Å². The minimum atomic E-state index is -3.60. The van der Waals surface area contributed by atoms with Gasteiger partial charge < -0.3 is 4.74 Å². The Morgan fingerprint density at radius 1 is 1.00 bits per heavy atom. The molecule has 0 saturated heterocycles. The van der Waals surface area contributed by atoms with Crippen LogP contribution in [0.3, 0.4) is 0 Å². The molecule has 2 rings (SSSR count). The van der Waals surface area contributed by atoms with Crippen LogP contribution in [0.2, 0.25) is 0 Å². The quantitative estimate of drug-likeness (QED) is 0.805. The van der Waals surface area contributed by atoms with Gasteiger partial charge in [0.05, 0.1) is 17.2 Å². The van der Waals surface area contributed by atoms with Crippen LogP contribution in [-0.2, 0) is 10.0 Å². The molecule has 23 heavy (non-hydrogen) atoms. The Bertz CT molecular complexity index is 767. The number of hydrogen-bond donors (Lipinski definition) is 0. The van der Waals surface area contributed by atoms with Crippen LogP contribution in [-0.4, -0.2) is 21.6 Å². The summed E-state index contributed by atoms with van der Waals surface area (Å²) in [5.41, 5.74) is 2.69. The Labute approximate surface area is 138 Å². The number of nitrogens with zero attached hydrogens (tertiary/aromatic N) is 1. The molecule has 0 heterocycles. The summed E-state index contributed by atoms with van der Waals surface area (Å²) in [6, 6.07) is 12.4. The van der Waals surface area contributed by atoms with Crippen LogP contribution < -0.4 is 9.04 Å². The second kappa shape index (κ2) is 7.04. The monoisotopic (exact) mass is 333 g/mol. The zero-order valence-electron chi connectivity index (χ0n) is 14.0. The van der Waals surface area contributed by atoms with E-state index in [1.165, 1.54) is 4.31 Å². The van der Waals surface area contributed by atoms with Crippen molar-refractivity contribution in [3.05, 3.63) is 53.6 Å². The average Bonchev–Trinajstić information content (AvgIpc) is 2.52. The van der Waals surface area contributed by atoms with E-state index in [0.717, 1.165) is 16.8 Å². The lowest BCUT2D eigenvalue weighted by molar-refractivity contribution is 0.340. The average molecular weight is 333 g/mol. The van der Waals surface area contributed by atoms with E-state index in [0.29, 0.717) is 18.9 Å². The number of rotatable bonds is 6. The molecule has 0 atom stereocenters. The summed E-state index contributed by atoms with van der Waals surface area (Å²) in [6.07, 6.45) is 0. The molecule has 2 aromatic carbocycles.